The number of halogens is 2. The van der Waals surface area contributed by atoms with Crippen molar-refractivity contribution in [3.63, 3.8) is 0 Å². The Bertz CT molecular complexity index is 599. The fourth-order valence-corrected chi connectivity index (χ4v) is 2.27. The average molecular weight is 385 g/mol. The number of benzene rings is 1. The molecule has 7 heteroatoms. The van der Waals surface area contributed by atoms with E-state index in [0.717, 1.165) is 24.3 Å². The van der Waals surface area contributed by atoms with Crippen LogP contribution in [0.3, 0.4) is 0 Å². The molecule has 0 fully saturated rings. The number of hydrogen-bond donors (Lipinski definition) is 3. The molecule has 0 aliphatic rings. The summed E-state index contributed by atoms with van der Waals surface area (Å²) in [4.78, 5) is 16.3. The van der Waals surface area contributed by atoms with E-state index in [9.17, 15) is 4.79 Å². The summed E-state index contributed by atoms with van der Waals surface area (Å²) in [6, 6.07) is 15.1. The maximum absolute atomic E-state index is 12.2. The van der Waals surface area contributed by atoms with E-state index >= 15 is 0 Å². The molecule has 0 radical (unpaired) electrons. The fourth-order valence-electron chi connectivity index (χ4n) is 2.27. The van der Waals surface area contributed by atoms with Gasteiger partial charge in [-0.3, -0.25) is 4.79 Å². The highest BCUT2D eigenvalue weighted by Crippen LogP contribution is 2.18. The van der Waals surface area contributed by atoms with Crippen molar-refractivity contribution in [3.05, 3.63) is 60.3 Å². The lowest BCUT2D eigenvalue weighted by atomic mass is 9.95. The van der Waals surface area contributed by atoms with E-state index < -0.39 is 0 Å². The number of hydrogen-bond acceptors (Lipinski definition) is 4. The number of pyridine rings is 1. The zero-order valence-electron chi connectivity index (χ0n) is 14.2. The number of nitrogens with two attached hydrogens (primary N) is 1. The Labute approximate surface area is 161 Å². The van der Waals surface area contributed by atoms with Gasteiger partial charge in [0.15, 0.2) is 0 Å². The zero-order valence-corrected chi connectivity index (χ0v) is 15.9. The molecular weight excluding hydrogens is 359 g/mol. The first-order valence-electron chi connectivity index (χ1n) is 7.91. The first-order chi connectivity index (χ1) is 11.2. The van der Waals surface area contributed by atoms with Crippen LogP contribution in [0.4, 0.5) is 5.82 Å². The van der Waals surface area contributed by atoms with Crippen LogP contribution in [-0.2, 0) is 4.79 Å². The van der Waals surface area contributed by atoms with Crippen LogP contribution in [0.15, 0.2) is 54.7 Å². The molecule has 1 heterocycles. The molecule has 5 nitrogen and oxygen atoms in total. The number of rotatable bonds is 8. The molecular formula is C18H26Cl2N4O. The quantitative estimate of drug-likeness (QED) is 0.610. The average Bonchev–Trinajstić information content (AvgIpc) is 2.61. The van der Waals surface area contributed by atoms with Gasteiger partial charge in [-0.2, -0.15) is 0 Å². The summed E-state index contributed by atoms with van der Waals surface area (Å²) in [5, 5.41) is 6.15. The van der Waals surface area contributed by atoms with Gasteiger partial charge in [0.1, 0.15) is 5.82 Å². The third kappa shape index (κ3) is 7.73. The second kappa shape index (κ2) is 12.5. The summed E-state index contributed by atoms with van der Waals surface area (Å²) in [7, 11) is 0. The van der Waals surface area contributed by atoms with E-state index in [1.165, 1.54) is 0 Å². The predicted octanol–water partition coefficient (Wildman–Crippen LogP) is 3.18. The Morgan fingerprint density at radius 2 is 1.76 bits per heavy atom. The molecule has 25 heavy (non-hydrogen) atoms. The molecule has 0 aliphatic heterocycles. The van der Waals surface area contributed by atoms with Gasteiger partial charge in [0, 0.05) is 25.3 Å². The lowest BCUT2D eigenvalue weighted by Crippen LogP contribution is -2.36. The zero-order chi connectivity index (χ0) is 16.5. The van der Waals surface area contributed by atoms with Crippen LogP contribution >= 0.6 is 24.8 Å². The summed E-state index contributed by atoms with van der Waals surface area (Å²) in [5.41, 5.74) is 7.14. The Morgan fingerprint density at radius 1 is 1.08 bits per heavy atom. The standard InChI is InChI=1S/C18H24N4O.2ClH/c1-14(17(19)15-8-3-2-4-9-15)18(23)22-13-7-12-21-16-10-5-6-11-20-16;;/h2-6,8-11,14,17H,7,12-13,19H2,1H3,(H,20,21)(H,22,23);2*1H. The number of anilines is 1. The minimum Gasteiger partial charge on any atom is -0.370 e. The van der Waals surface area contributed by atoms with Crippen LogP contribution in [0.2, 0.25) is 0 Å². The predicted molar refractivity (Wildman–Crippen MR) is 107 cm³/mol. The highest BCUT2D eigenvalue weighted by molar-refractivity contribution is 5.85. The van der Waals surface area contributed by atoms with E-state index in [4.69, 9.17) is 5.73 Å². The summed E-state index contributed by atoms with van der Waals surface area (Å²) in [5.74, 6) is 0.568. The third-order valence-corrected chi connectivity index (χ3v) is 3.76. The Hall–Kier alpha value is -1.82. The number of nitrogens with zero attached hydrogens (tertiary/aromatic N) is 1. The minimum absolute atomic E-state index is 0. The SMILES string of the molecule is CC(C(=O)NCCCNc1ccccn1)C(N)c1ccccc1.Cl.Cl. The van der Waals surface area contributed by atoms with Crippen molar-refractivity contribution in [2.45, 2.75) is 19.4 Å². The number of carbonyl (C=O) groups excluding carboxylic acids is 1. The van der Waals surface area contributed by atoms with Gasteiger partial charge in [-0.05, 0) is 24.1 Å². The molecule has 2 unspecified atom stereocenters. The highest BCUT2D eigenvalue weighted by atomic mass is 35.5. The van der Waals surface area contributed by atoms with Gasteiger partial charge in [0.25, 0.3) is 0 Å². The molecule has 1 amide bonds. The van der Waals surface area contributed by atoms with Crippen molar-refractivity contribution in [2.24, 2.45) is 11.7 Å². The Balaban J connectivity index is 0.00000288. The van der Waals surface area contributed by atoms with Gasteiger partial charge in [-0.1, -0.05) is 43.3 Å². The van der Waals surface area contributed by atoms with E-state index in [2.05, 4.69) is 15.6 Å². The molecule has 0 saturated heterocycles. The number of carbonyl (C=O) groups is 1. The van der Waals surface area contributed by atoms with E-state index in [0.29, 0.717) is 6.54 Å². The lowest BCUT2D eigenvalue weighted by molar-refractivity contribution is -0.125. The smallest absolute Gasteiger partial charge is 0.224 e. The fraction of sp³-hybridized carbons (Fsp3) is 0.333. The normalized spacial score (nSPS) is 12.1. The highest BCUT2D eigenvalue weighted by Gasteiger charge is 2.21. The van der Waals surface area contributed by atoms with Gasteiger partial charge in [-0.15, -0.1) is 24.8 Å². The topological polar surface area (TPSA) is 80.0 Å². The molecule has 138 valence electrons. The first kappa shape index (κ1) is 23.2. The van der Waals surface area contributed by atoms with Crippen LogP contribution in [0.5, 0.6) is 0 Å². The third-order valence-electron chi connectivity index (χ3n) is 3.76. The Morgan fingerprint density at radius 3 is 2.40 bits per heavy atom. The van der Waals surface area contributed by atoms with Crippen LogP contribution in [0.25, 0.3) is 0 Å². The maximum atomic E-state index is 12.2. The minimum atomic E-state index is -0.289. The van der Waals surface area contributed by atoms with Gasteiger partial charge in [0.2, 0.25) is 5.91 Å². The van der Waals surface area contributed by atoms with Gasteiger partial charge in [0.05, 0.1) is 5.92 Å². The summed E-state index contributed by atoms with van der Waals surface area (Å²) in [6.07, 6.45) is 2.58. The molecule has 0 saturated carbocycles. The largest absolute Gasteiger partial charge is 0.370 e. The van der Waals surface area contributed by atoms with Crippen LogP contribution < -0.4 is 16.4 Å². The number of nitrogens with one attached hydrogen (secondary N) is 2. The molecule has 1 aromatic carbocycles. The van der Waals surface area contributed by atoms with Crippen molar-refractivity contribution in [2.75, 3.05) is 18.4 Å². The molecule has 0 spiro atoms. The second-order valence-corrected chi connectivity index (χ2v) is 5.51. The van der Waals surface area contributed by atoms with Crippen molar-refractivity contribution < 1.29 is 4.79 Å². The molecule has 2 atom stereocenters. The van der Waals surface area contributed by atoms with Crippen molar-refractivity contribution in [1.82, 2.24) is 10.3 Å². The van der Waals surface area contributed by atoms with E-state index in [1.54, 1.807) is 6.20 Å². The monoisotopic (exact) mass is 384 g/mol. The summed E-state index contributed by atoms with van der Waals surface area (Å²) >= 11 is 0. The summed E-state index contributed by atoms with van der Waals surface area (Å²) < 4.78 is 0. The first-order valence-corrected chi connectivity index (χ1v) is 7.91. The molecule has 0 bridgehead atoms. The molecule has 0 aliphatic carbocycles. The molecule has 2 aromatic rings. The Kier molecular flexibility index (Phi) is 11.6. The number of aromatic nitrogens is 1. The second-order valence-electron chi connectivity index (χ2n) is 5.51. The van der Waals surface area contributed by atoms with Gasteiger partial charge >= 0.3 is 0 Å². The van der Waals surface area contributed by atoms with Crippen molar-refractivity contribution in [3.8, 4) is 0 Å². The molecule has 2 rings (SSSR count). The lowest BCUT2D eigenvalue weighted by Gasteiger charge is -2.19. The van der Waals surface area contributed by atoms with E-state index in [1.807, 2.05) is 55.5 Å². The number of amides is 1. The molecule has 4 N–H and O–H groups in total. The van der Waals surface area contributed by atoms with Crippen LogP contribution in [-0.4, -0.2) is 24.0 Å². The summed E-state index contributed by atoms with van der Waals surface area (Å²) in [6.45, 7) is 3.24. The van der Waals surface area contributed by atoms with Crippen LogP contribution in [0, 0.1) is 5.92 Å². The maximum Gasteiger partial charge on any atom is 0.224 e. The molecule has 1 aromatic heterocycles. The van der Waals surface area contributed by atoms with Gasteiger partial charge < -0.3 is 16.4 Å². The van der Waals surface area contributed by atoms with Crippen LogP contribution in [0.1, 0.15) is 24.9 Å². The van der Waals surface area contributed by atoms with Crippen molar-refractivity contribution in [1.29, 1.82) is 0 Å². The van der Waals surface area contributed by atoms with Crippen molar-refractivity contribution >= 4 is 36.5 Å². The van der Waals surface area contributed by atoms with E-state index in [-0.39, 0.29) is 42.7 Å². The van der Waals surface area contributed by atoms with Gasteiger partial charge in [-0.25, -0.2) is 4.98 Å².